The highest BCUT2D eigenvalue weighted by molar-refractivity contribution is 7.98. The molecule has 0 aliphatic heterocycles. The molecule has 0 bridgehead atoms. The van der Waals surface area contributed by atoms with Crippen molar-refractivity contribution in [3.63, 3.8) is 0 Å². The number of nitrogens with zero attached hydrogens (tertiary/aromatic N) is 2. The van der Waals surface area contributed by atoms with Gasteiger partial charge in [-0.1, -0.05) is 23.9 Å². The van der Waals surface area contributed by atoms with E-state index in [2.05, 4.69) is 4.98 Å². The van der Waals surface area contributed by atoms with Gasteiger partial charge in [0.2, 0.25) is 0 Å². The Morgan fingerprint density at radius 2 is 1.86 bits per heavy atom. The van der Waals surface area contributed by atoms with Crippen LogP contribution < -0.4 is 5.56 Å². The maximum absolute atomic E-state index is 13.4. The highest BCUT2D eigenvalue weighted by Gasteiger charge is 2.12. The molecule has 0 fully saturated rings. The zero-order chi connectivity index (χ0) is 20.1. The SMILES string of the molecule is CC(C)OCCCn1c(SCc2cc(F)cc(F)c2)nc2ccccc2c1=O. The second-order valence-electron chi connectivity index (χ2n) is 6.71. The van der Waals surface area contributed by atoms with Crippen LogP contribution in [0, 0.1) is 11.6 Å². The molecule has 0 saturated carbocycles. The molecule has 0 radical (unpaired) electrons. The molecule has 148 valence electrons. The summed E-state index contributed by atoms with van der Waals surface area (Å²) in [5.74, 6) is -0.933. The lowest BCUT2D eigenvalue weighted by Crippen LogP contribution is -2.24. The smallest absolute Gasteiger partial charge is 0.262 e. The second-order valence-corrected chi connectivity index (χ2v) is 7.65. The third-order valence-electron chi connectivity index (χ3n) is 4.09. The van der Waals surface area contributed by atoms with Gasteiger partial charge in [-0.3, -0.25) is 9.36 Å². The molecule has 0 unspecified atom stereocenters. The Kier molecular flexibility index (Phi) is 6.80. The van der Waals surface area contributed by atoms with E-state index in [1.54, 1.807) is 22.8 Å². The van der Waals surface area contributed by atoms with Gasteiger partial charge in [0.25, 0.3) is 5.56 Å². The van der Waals surface area contributed by atoms with Gasteiger partial charge in [-0.2, -0.15) is 0 Å². The molecule has 0 atom stereocenters. The Balaban J connectivity index is 1.87. The fourth-order valence-corrected chi connectivity index (χ4v) is 3.79. The van der Waals surface area contributed by atoms with E-state index < -0.39 is 11.6 Å². The summed E-state index contributed by atoms with van der Waals surface area (Å²) in [6.07, 6.45) is 0.795. The molecule has 0 saturated heterocycles. The van der Waals surface area contributed by atoms with E-state index in [1.807, 2.05) is 19.9 Å². The molecule has 0 aliphatic rings. The van der Waals surface area contributed by atoms with Gasteiger partial charge in [-0.05, 0) is 50.1 Å². The van der Waals surface area contributed by atoms with E-state index in [9.17, 15) is 13.6 Å². The molecule has 0 amide bonds. The Morgan fingerprint density at radius 3 is 2.57 bits per heavy atom. The predicted octanol–water partition coefficient (Wildman–Crippen LogP) is 4.78. The monoisotopic (exact) mass is 404 g/mol. The first-order chi connectivity index (χ1) is 13.4. The summed E-state index contributed by atoms with van der Waals surface area (Å²) in [5.41, 5.74) is 0.984. The van der Waals surface area contributed by atoms with E-state index in [0.717, 1.165) is 6.07 Å². The lowest BCUT2D eigenvalue weighted by atomic mass is 10.2. The highest BCUT2D eigenvalue weighted by atomic mass is 32.2. The molecule has 0 spiro atoms. The average molecular weight is 404 g/mol. The summed E-state index contributed by atoms with van der Waals surface area (Å²) in [7, 11) is 0. The number of thioether (sulfide) groups is 1. The summed E-state index contributed by atoms with van der Waals surface area (Å²) in [6, 6.07) is 10.6. The fourth-order valence-electron chi connectivity index (χ4n) is 2.84. The van der Waals surface area contributed by atoms with Crippen LogP contribution in [0.15, 0.2) is 52.4 Å². The van der Waals surface area contributed by atoms with Crippen molar-refractivity contribution in [3.05, 3.63) is 70.0 Å². The lowest BCUT2D eigenvalue weighted by molar-refractivity contribution is 0.0743. The fraction of sp³-hybridized carbons (Fsp3) is 0.333. The van der Waals surface area contributed by atoms with E-state index in [4.69, 9.17) is 4.74 Å². The van der Waals surface area contributed by atoms with E-state index in [1.165, 1.54) is 23.9 Å². The molecule has 1 aromatic heterocycles. The third kappa shape index (κ3) is 5.17. The van der Waals surface area contributed by atoms with Gasteiger partial charge < -0.3 is 4.74 Å². The summed E-state index contributed by atoms with van der Waals surface area (Å²) in [5, 5.41) is 1.08. The van der Waals surface area contributed by atoms with Crippen molar-refractivity contribution in [2.24, 2.45) is 0 Å². The maximum atomic E-state index is 13.4. The largest absolute Gasteiger partial charge is 0.379 e. The Morgan fingerprint density at radius 1 is 1.14 bits per heavy atom. The Labute approximate surface area is 166 Å². The summed E-state index contributed by atoms with van der Waals surface area (Å²) in [6.45, 7) is 4.92. The first-order valence-corrected chi connectivity index (χ1v) is 10.1. The molecular weight excluding hydrogens is 382 g/mol. The molecule has 2 aromatic carbocycles. The van der Waals surface area contributed by atoms with E-state index >= 15 is 0 Å². The van der Waals surface area contributed by atoms with Crippen molar-refractivity contribution in [3.8, 4) is 0 Å². The van der Waals surface area contributed by atoms with Crippen molar-refractivity contribution in [2.45, 2.75) is 43.8 Å². The number of fused-ring (bicyclic) bond motifs is 1. The van der Waals surface area contributed by atoms with Gasteiger partial charge in [-0.15, -0.1) is 0 Å². The Hall–Kier alpha value is -2.25. The van der Waals surface area contributed by atoms with Crippen LogP contribution >= 0.6 is 11.8 Å². The van der Waals surface area contributed by atoms with Crippen molar-refractivity contribution in [2.75, 3.05) is 6.61 Å². The minimum absolute atomic E-state index is 0.122. The molecule has 3 rings (SSSR count). The molecule has 0 aliphatic carbocycles. The van der Waals surface area contributed by atoms with Crippen molar-refractivity contribution in [1.82, 2.24) is 9.55 Å². The van der Waals surface area contributed by atoms with Gasteiger partial charge in [0.1, 0.15) is 11.6 Å². The van der Waals surface area contributed by atoms with Crippen LogP contribution in [0.5, 0.6) is 0 Å². The molecular formula is C21H22F2N2O2S. The number of para-hydroxylation sites is 1. The number of hydrogen-bond acceptors (Lipinski definition) is 4. The normalized spacial score (nSPS) is 11.5. The molecule has 7 heteroatoms. The molecule has 1 heterocycles. The number of rotatable bonds is 8. The minimum Gasteiger partial charge on any atom is -0.379 e. The highest BCUT2D eigenvalue weighted by Crippen LogP contribution is 2.23. The molecule has 28 heavy (non-hydrogen) atoms. The van der Waals surface area contributed by atoms with Crippen LogP contribution in [0.4, 0.5) is 8.78 Å². The summed E-state index contributed by atoms with van der Waals surface area (Å²) in [4.78, 5) is 17.6. The third-order valence-corrected chi connectivity index (χ3v) is 5.14. The minimum atomic E-state index is -0.620. The van der Waals surface area contributed by atoms with Crippen LogP contribution in [-0.2, 0) is 17.0 Å². The summed E-state index contributed by atoms with van der Waals surface area (Å²) >= 11 is 1.29. The number of benzene rings is 2. The van der Waals surface area contributed by atoms with E-state index in [-0.39, 0.29) is 11.7 Å². The first kappa shape index (κ1) is 20.5. The van der Waals surface area contributed by atoms with Gasteiger partial charge in [0.05, 0.1) is 17.0 Å². The predicted molar refractivity (Wildman–Crippen MR) is 108 cm³/mol. The van der Waals surface area contributed by atoms with Gasteiger partial charge in [0, 0.05) is 25.0 Å². The van der Waals surface area contributed by atoms with Crippen LogP contribution in [0.1, 0.15) is 25.8 Å². The Bertz CT molecular complexity index is 1000. The zero-order valence-electron chi connectivity index (χ0n) is 15.8. The van der Waals surface area contributed by atoms with Crippen LogP contribution in [-0.4, -0.2) is 22.3 Å². The van der Waals surface area contributed by atoms with Crippen LogP contribution in [0.25, 0.3) is 10.9 Å². The number of aromatic nitrogens is 2. The number of ether oxygens (including phenoxy) is 1. The number of hydrogen-bond donors (Lipinski definition) is 0. The second kappa shape index (κ2) is 9.30. The van der Waals surface area contributed by atoms with Crippen LogP contribution in [0.2, 0.25) is 0 Å². The first-order valence-electron chi connectivity index (χ1n) is 9.13. The number of halogens is 2. The quantitative estimate of drug-likeness (QED) is 0.308. The molecule has 3 aromatic rings. The van der Waals surface area contributed by atoms with Crippen molar-refractivity contribution in [1.29, 1.82) is 0 Å². The topological polar surface area (TPSA) is 44.1 Å². The zero-order valence-corrected chi connectivity index (χ0v) is 16.6. The van der Waals surface area contributed by atoms with Gasteiger partial charge >= 0.3 is 0 Å². The molecule has 4 nitrogen and oxygen atoms in total. The summed E-state index contributed by atoms with van der Waals surface area (Å²) < 4.78 is 34.1. The average Bonchev–Trinajstić information content (AvgIpc) is 2.64. The standard InChI is InChI=1S/C21H22F2N2O2S/c1-14(2)27-9-5-8-25-20(26)18-6-3-4-7-19(18)24-21(25)28-13-15-10-16(22)12-17(23)11-15/h3-4,6-7,10-12,14H,5,8-9,13H2,1-2H3. The van der Waals surface area contributed by atoms with Gasteiger partial charge in [-0.25, -0.2) is 13.8 Å². The van der Waals surface area contributed by atoms with E-state index in [0.29, 0.717) is 46.9 Å². The lowest BCUT2D eigenvalue weighted by Gasteiger charge is -2.14. The van der Waals surface area contributed by atoms with Crippen molar-refractivity contribution >= 4 is 22.7 Å². The van der Waals surface area contributed by atoms with Crippen molar-refractivity contribution < 1.29 is 13.5 Å². The van der Waals surface area contributed by atoms with Gasteiger partial charge in [0.15, 0.2) is 5.16 Å². The maximum Gasteiger partial charge on any atom is 0.262 e. The molecule has 0 N–H and O–H groups in total. The van der Waals surface area contributed by atoms with Crippen LogP contribution in [0.3, 0.4) is 0 Å².